The first-order chi connectivity index (χ1) is 11.3. The zero-order chi connectivity index (χ0) is 16.1. The van der Waals surface area contributed by atoms with Crippen molar-refractivity contribution in [3.05, 3.63) is 59.8 Å². The molecule has 1 aromatic heterocycles. The molecule has 0 bridgehead atoms. The molecule has 0 aliphatic carbocycles. The third kappa shape index (κ3) is 4.09. The van der Waals surface area contributed by atoms with Crippen LogP contribution in [0.25, 0.3) is 0 Å². The fourth-order valence-corrected chi connectivity index (χ4v) is 3.38. The summed E-state index contributed by atoms with van der Waals surface area (Å²) in [7, 11) is 1.90. The lowest BCUT2D eigenvalue weighted by Gasteiger charge is -2.36. The molecule has 0 spiro atoms. The van der Waals surface area contributed by atoms with Crippen molar-refractivity contribution < 1.29 is 5.11 Å². The van der Waals surface area contributed by atoms with Gasteiger partial charge in [0.25, 0.3) is 0 Å². The van der Waals surface area contributed by atoms with Crippen LogP contribution < -0.4 is 5.32 Å². The van der Waals surface area contributed by atoms with Gasteiger partial charge in [0.1, 0.15) is 5.82 Å². The number of nitrogens with one attached hydrogen (secondary N) is 1. The largest absolute Gasteiger partial charge is 0.391 e. The van der Waals surface area contributed by atoms with Crippen LogP contribution in [-0.4, -0.2) is 41.2 Å². The third-order valence-corrected chi connectivity index (χ3v) is 4.67. The molecule has 1 saturated heterocycles. The predicted octanol–water partition coefficient (Wildman–Crippen LogP) is 2.55. The Balaban J connectivity index is 1.58. The van der Waals surface area contributed by atoms with E-state index in [2.05, 4.69) is 45.5 Å². The maximum Gasteiger partial charge on any atom is 0.130 e. The number of rotatable bonds is 5. The van der Waals surface area contributed by atoms with Crippen LogP contribution in [0, 0.1) is 5.92 Å². The zero-order valence-corrected chi connectivity index (χ0v) is 13.7. The number of hydrogen-bond donors (Lipinski definition) is 2. The minimum atomic E-state index is -0.265. The lowest BCUT2D eigenvalue weighted by Crippen LogP contribution is -2.44. The normalized spacial score (nSPS) is 22.0. The predicted molar refractivity (Wildman–Crippen MR) is 93.3 cm³/mol. The van der Waals surface area contributed by atoms with Gasteiger partial charge in [-0.3, -0.25) is 4.90 Å². The molecule has 0 unspecified atom stereocenters. The standard InChI is InChI=1S/C19H25N3O/c1-20-19-17(8-5-10-21-19)13-22-11-9-16(18(23)14-22)12-15-6-3-2-4-7-15/h2-8,10,16,18,23H,9,11-14H2,1H3,(H,20,21)/t16-,18-/m1/s1. The van der Waals surface area contributed by atoms with Crippen molar-refractivity contribution in [2.45, 2.75) is 25.5 Å². The topological polar surface area (TPSA) is 48.4 Å². The summed E-state index contributed by atoms with van der Waals surface area (Å²) < 4.78 is 0. The van der Waals surface area contributed by atoms with Crippen LogP contribution in [0.4, 0.5) is 5.82 Å². The molecule has 1 aliphatic rings. The number of piperidine rings is 1. The summed E-state index contributed by atoms with van der Waals surface area (Å²) in [4.78, 5) is 6.68. The van der Waals surface area contributed by atoms with E-state index in [1.165, 1.54) is 11.1 Å². The molecule has 4 heteroatoms. The highest BCUT2D eigenvalue weighted by atomic mass is 16.3. The van der Waals surface area contributed by atoms with Crippen LogP contribution in [0.5, 0.6) is 0 Å². The molecule has 2 atom stereocenters. The molecule has 23 heavy (non-hydrogen) atoms. The fraction of sp³-hybridized carbons (Fsp3) is 0.421. The van der Waals surface area contributed by atoms with Crippen molar-refractivity contribution in [1.82, 2.24) is 9.88 Å². The molecule has 1 aromatic carbocycles. The Bertz CT molecular complexity index is 617. The SMILES string of the molecule is CNc1ncccc1CN1CC[C@H](Cc2ccccc2)[C@H](O)C1. The number of β-amino-alcohol motifs (C(OH)–C–C–N with tert-alkyl or cyclic N) is 1. The summed E-state index contributed by atoms with van der Waals surface area (Å²) in [6, 6.07) is 14.5. The van der Waals surface area contributed by atoms with Gasteiger partial charge in [-0.15, -0.1) is 0 Å². The average molecular weight is 311 g/mol. The van der Waals surface area contributed by atoms with Crippen LogP contribution >= 0.6 is 0 Å². The summed E-state index contributed by atoms with van der Waals surface area (Å²) in [5.74, 6) is 1.28. The second-order valence-corrected chi connectivity index (χ2v) is 6.30. The van der Waals surface area contributed by atoms with Crippen molar-refractivity contribution in [3.8, 4) is 0 Å². The first-order valence-electron chi connectivity index (χ1n) is 8.32. The number of anilines is 1. The Kier molecular flexibility index (Phi) is 5.26. The Morgan fingerprint density at radius 1 is 1.22 bits per heavy atom. The van der Waals surface area contributed by atoms with E-state index in [0.717, 1.165) is 38.3 Å². The molecule has 1 aliphatic heterocycles. The molecule has 0 saturated carbocycles. The molecule has 2 heterocycles. The number of benzene rings is 1. The summed E-state index contributed by atoms with van der Waals surface area (Å²) in [6.45, 7) is 2.58. The third-order valence-electron chi connectivity index (χ3n) is 4.67. The van der Waals surface area contributed by atoms with Crippen LogP contribution in [0.15, 0.2) is 48.7 Å². The van der Waals surface area contributed by atoms with Crippen molar-refractivity contribution in [2.75, 3.05) is 25.5 Å². The number of aromatic nitrogens is 1. The number of pyridine rings is 1. The highest BCUT2D eigenvalue weighted by Gasteiger charge is 2.28. The number of aliphatic hydroxyl groups excluding tert-OH is 1. The molecular weight excluding hydrogens is 286 g/mol. The van der Waals surface area contributed by atoms with Crippen LogP contribution in [0.2, 0.25) is 0 Å². The molecule has 4 nitrogen and oxygen atoms in total. The average Bonchev–Trinajstić information content (AvgIpc) is 2.59. The van der Waals surface area contributed by atoms with Crippen molar-refractivity contribution in [3.63, 3.8) is 0 Å². The van der Waals surface area contributed by atoms with E-state index in [1.807, 2.05) is 19.2 Å². The number of hydrogen-bond acceptors (Lipinski definition) is 4. The van der Waals surface area contributed by atoms with Gasteiger partial charge in [-0.25, -0.2) is 4.98 Å². The smallest absolute Gasteiger partial charge is 0.130 e. The molecule has 122 valence electrons. The summed E-state index contributed by atoms with van der Waals surface area (Å²) in [5.41, 5.74) is 2.50. The van der Waals surface area contributed by atoms with Crippen molar-refractivity contribution >= 4 is 5.82 Å². The highest BCUT2D eigenvalue weighted by Crippen LogP contribution is 2.24. The van der Waals surface area contributed by atoms with Crippen molar-refractivity contribution in [1.29, 1.82) is 0 Å². The van der Waals surface area contributed by atoms with Gasteiger partial charge in [0.15, 0.2) is 0 Å². The Morgan fingerprint density at radius 2 is 2.04 bits per heavy atom. The molecule has 0 radical (unpaired) electrons. The zero-order valence-electron chi connectivity index (χ0n) is 13.7. The Morgan fingerprint density at radius 3 is 2.78 bits per heavy atom. The minimum absolute atomic E-state index is 0.265. The maximum absolute atomic E-state index is 10.5. The van der Waals surface area contributed by atoms with E-state index in [4.69, 9.17) is 0 Å². The molecule has 1 fully saturated rings. The van der Waals surface area contributed by atoms with Crippen LogP contribution in [-0.2, 0) is 13.0 Å². The van der Waals surface area contributed by atoms with Gasteiger partial charge in [0.2, 0.25) is 0 Å². The molecule has 2 aromatic rings. The minimum Gasteiger partial charge on any atom is -0.391 e. The van der Waals surface area contributed by atoms with E-state index in [-0.39, 0.29) is 6.10 Å². The van der Waals surface area contributed by atoms with Gasteiger partial charge in [-0.2, -0.15) is 0 Å². The maximum atomic E-state index is 10.5. The Hall–Kier alpha value is -1.91. The quantitative estimate of drug-likeness (QED) is 0.891. The molecule has 3 rings (SSSR count). The monoisotopic (exact) mass is 311 g/mol. The van der Waals surface area contributed by atoms with Crippen LogP contribution in [0.1, 0.15) is 17.5 Å². The fourth-order valence-electron chi connectivity index (χ4n) is 3.38. The van der Waals surface area contributed by atoms with Gasteiger partial charge in [-0.1, -0.05) is 36.4 Å². The number of aliphatic hydroxyl groups is 1. The van der Waals surface area contributed by atoms with E-state index in [9.17, 15) is 5.11 Å². The van der Waals surface area contributed by atoms with Gasteiger partial charge >= 0.3 is 0 Å². The van der Waals surface area contributed by atoms with Gasteiger partial charge in [0.05, 0.1) is 6.10 Å². The summed E-state index contributed by atoms with van der Waals surface area (Å²) in [5, 5.41) is 13.7. The van der Waals surface area contributed by atoms with Gasteiger partial charge in [0, 0.05) is 31.9 Å². The van der Waals surface area contributed by atoms with Gasteiger partial charge in [-0.05, 0) is 36.9 Å². The molecule has 2 N–H and O–H groups in total. The van der Waals surface area contributed by atoms with E-state index in [1.54, 1.807) is 6.20 Å². The summed E-state index contributed by atoms with van der Waals surface area (Å²) in [6.07, 6.45) is 3.53. The van der Waals surface area contributed by atoms with E-state index < -0.39 is 0 Å². The lowest BCUT2D eigenvalue weighted by molar-refractivity contribution is 0.0188. The first-order valence-corrected chi connectivity index (χ1v) is 8.32. The van der Waals surface area contributed by atoms with E-state index >= 15 is 0 Å². The summed E-state index contributed by atoms with van der Waals surface area (Å²) >= 11 is 0. The second kappa shape index (κ2) is 7.57. The number of nitrogens with zero attached hydrogens (tertiary/aromatic N) is 2. The molecular formula is C19H25N3O. The Labute approximate surface area is 138 Å². The first kappa shape index (κ1) is 16.0. The number of likely N-dealkylation sites (tertiary alicyclic amines) is 1. The molecule has 0 amide bonds. The lowest BCUT2D eigenvalue weighted by atomic mass is 9.88. The van der Waals surface area contributed by atoms with Crippen LogP contribution in [0.3, 0.4) is 0 Å². The van der Waals surface area contributed by atoms with Crippen molar-refractivity contribution in [2.24, 2.45) is 5.92 Å². The van der Waals surface area contributed by atoms with Gasteiger partial charge < -0.3 is 10.4 Å². The second-order valence-electron chi connectivity index (χ2n) is 6.30. The highest BCUT2D eigenvalue weighted by molar-refractivity contribution is 5.42. The van der Waals surface area contributed by atoms with E-state index in [0.29, 0.717) is 5.92 Å².